The molecule has 3 heterocycles. The average molecular weight is 329 g/mol. The summed E-state index contributed by atoms with van der Waals surface area (Å²) in [7, 11) is 0. The van der Waals surface area contributed by atoms with E-state index in [0.29, 0.717) is 5.69 Å². The largest absolute Gasteiger partial charge is 0.300 e. The minimum atomic E-state index is -1.00. The standard InChI is InChI=1S/C16H9F2N3OS/c17-11-4-3-10(8-12(11)18)21-6-5-20-9-13(14-2-1-7-23-14)19-15(20)16(21)22/h1-9H. The molecule has 0 spiro atoms. The van der Waals surface area contributed by atoms with Gasteiger partial charge in [0, 0.05) is 24.7 Å². The van der Waals surface area contributed by atoms with Crippen LogP contribution in [0.25, 0.3) is 21.9 Å². The fourth-order valence-electron chi connectivity index (χ4n) is 2.36. The number of fused-ring (bicyclic) bond motifs is 1. The van der Waals surface area contributed by atoms with Crippen molar-refractivity contribution < 1.29 is 8.78 Å². The van der Waals surface area contributed by atoms with Crippen LogP contribution >= 0.6 is 11.3 Å². The zero-order valence-corrected chi connectivity index (χ0v) is 12.4. The maximum atomic E-state index is 13.4. The van der Waals surface area contributed by atoms with Crippen molar-refractivity contribution >= 4 is 17.0 Å². The van der Waals surface area contributed by atoms with Crippen molar-refractivity contribution in [3.63, 3.8) is 0 Å². The summed E-state index contributed by atoms with van der Waals surface area (Å²) in [5, 5.41) is 1.93. The maximum Gasteiger partial charge on any atom is 0.298 e. The van der Waals surface area contributed by atoms with Crippen LogP contribution in [0.2, 0.25) is 0 Å². The quantitative estimate of drug-likeness (QED) is 0.565. The van der Waals surface area contributed by atoms with E-state index in [4.69, 9.17) is 0 Å². The van der Waals surface area contributed by atoms with E-state index in [0.717, 1.165) is 17.0 Å². The molecule has 0 aliphatic rings. The van der Waals surface area contributed by atoms with E-state index in [2.05, 4.69) is 4.98 Å². The van der Waals surface area contributed by atoms with Crippen molar-refractivity contribution in [2.75, 3.05) is 0 Å². The Morgan fingerprint density at radius 3 is 2.70 bits per heavy atom. The molecule has 4 nitrogen and oxygen atoms in total. The molecule has 0 saturated heterocycles. The van der Waals surface area contributed by atoms with Gasteiger partial charge in [-0.1, -0.05) is 6.07 Å². The lowest BCUT2D eigenvalue weighted by Crippen LogP contribution is -2.20. The fraction of sp³-hybridized carbons (Fsp3) is 0. The second-order valence-corrected chi connectivity index (χ2v) is 5.85. The number of hydrogen-bond donors (Lipinski definition) is 0. The molecule has 0 fully saturated rings. The Hall–Kier alpha value is -2.80. The van der Waals surface area contributed by atoms with Gasteiger partial charge in [-0.05, 0) is 23.6 Å². The first-order valence-corrected chi connectivity index (χ1v) is 7.61. The monoisotopic (exact) mass is 329 g/mol. The van der Waals surface area contributed by atoms with Gasteiger partial charge in [-0.15, -0.1) is 11.3 Å². The van der Waals surface area contributed by atoms with Crippen molar-refractivity contribution in [2.45, 2.75) is 0 Å². The van der Waals surface area contributed by atoms with Gasteiger partial charge in [0.1, 0.15) is 0 Å². The number of nitrogens with zero attached hydrogens (tertiary/aromatic N) is 3. The van der Waals surface area contributed by atoms with Crippen LogP contribution in [-0.4, -0.2) is 14.0 Å². The van der Waals surface area contributed by atoms with Gasteiger partial charge in [0.15, 0.2) is 11.6 Å². The molecule has 3 aromatic heterocycles. The number of halogens is 2. The van der Waals surface area contributed by atoms with E-state index in [1.807, 2.05) is 17.5 Å². The Labute approximate surface area is 132 Å². The molecule has 0 saturated carbocycles. The average Bonchev–Trinajstić information content (AvgIpc) is 3.19. The van der Waals surface area contributed by atoms with E-state index in [1.165, 1.54) is 28.2 Å². The number of aromatic nitrogens is 3. The molecule has 0 amide bonds. The highest BCUT2D eigenvalue weighted by Crippen LogP contribution is 2.23. The topological polar surface area (TPSA) is 39.3 Å². The molecular formula is C16H9F2N3OS. The van der Waals surface area contributed by atoms with Crippen LogP contribution in [0.15, 0.2) is 59.1 Å². The highest BCUT2D eigenvalue weighted by atomic mass is 32.1. The summed E-state index contributed by atoms with van der Waals surface area (Å²) >= 11 is 1.53. The third kappa shape index (κ3) is 2.25. The molecule has 0 radical (unpaired) electrons. The smallest absolute Gasteiger partial charge is 0.298 e. The molecule has 0 aliphatic carbocycles. The Balaban J connectivity index is 1.91. The van der Waals surface area contributed by atoms with Gasteiger partial charge < -0.3 is 4.40 Å². The van der Waals surface area contributed by atoms with Gasteiger partial charge in [0.05, 0.1) is 16.3 Å². The van der Waals surface area contributed by atoms with Crippen molar-refractivity contribution in [1.29, 1.82) is 0 Å². The summed E-state index contributed by atoms with van der Waals surface area (Å²) in [5.41, 5.74) is 0.763. The number of imidazole rings is 1. The Morgan fingerprint density at radius 1 is 1.09 bits per heavy atom. The Bertz CT molecular complexity index is 1070. The molecule has 4 aromatic rings. The van der Waals surface area contributed by atoms with Crippen LogP contribution in [0, 0.1) is 11.6 Å². The minimum absolute atomic E-state index is 0.223. The first-order chi connectivity index (χ1) is 11.1. The molecule has 0 atom stereocenters. The SMILES string of the molecule is O=c1c2nc(-c3cccs3)cn2ccn1-c1ccc(F)c(F)c1. The summed E-state index contributed by atoms with van der Waals surface area (Å²) in [6.45, 7) is 0. The maximum absolute atomic E-state index is 13.4. The van der Waals surface area contributed by atoms with Crippen LogP contribution in [-0.2, 0) is 0 Å². The molecule has 7 heteroatoms. The van der Waals surface area contributed by atoms with E-state index in [-0.39, 0.29) is 11.3 Å². The van der Waals surface area contributed by atoms with E-state index < -0.39 is 17.2 Å². The normalized spacial score (nSPS) is 11.2. The van der Waals surface area contributed by atoms with Gasteiger partial charge in [-0.2, -0.15) is 0 Å². The summed E-state index contributed by atoms with van der Waals surface area (Å²) in [4.78, 5) is 17.9. The number of benzene rings is 1. The second-order valence-electron chi connectivity index (χ2n) is 4.91. The highest BCUT2D eigenvalue weighted by molar-refractivity contribution is 7.13. The molecule has 0 unspecified atom stereocenters. The zero-order chi connectivity index (χ0) is 16.0. The Morgan fingerprint density at radius 2 is 1.96 bits per heavy atom. The molecular weight excluding hydrogens is 320 g/mol. The van der Waals surface area contributed by atoms with E-state index in [9.17, 15) is 13.6 Å². The molecule has 114 valence electrons. The predicted molar refractivity (Wildman–Crippen MR) is 84.0 cm³/mol. The molecule has 23 heavy (non-hydrogen) atoms. The lowest BCUT2D eigenvalue weighted by molar-refractivity contribution is 0.508. The van der Waals surface area contributed by atoms with Crippen LogP contribution in [0.5, 0.6) is 0 Å². The van der Waals surface area contributed by atoms with Crippen molar-refractivity contribution in [3.8, 4) is 16.3 Å². The second kappa shape index (κ2) is 5.13. The summed E-state index contributed by atoms with van der Waals surface area (Å²) in [5.74, 6) is -1.96. The molecule has 0 N–H and O–H groups in total. The third-order valence-electron chi connectivity index (χ3n) is 3.47. The van der Waals surface area contributed by atoms with Gasteiger partial charge in [-0.3, -0.25) is 9.36 Å². The molecule has 0 aliphatic heterocycles. The Kier molecular flexibility index (Phi) is 3.09. The number of thiophene rings is 1. The molecule has 1 aromatic carbocycles. The van der Waals surface area contributed by atoms with Crippen molar-refractivity contribution in [3.05, 3.63) is 76.3 Å². The summed E-state index contributed by atoms with van der Waals surface area (Å²) in [6, 6.07) is 7.14. The fourth-order valence-corrected chi connectivity index (χ4v) is 3.04. The minimum Gasteiger partial charge on any atom is -0.300 e. The van der Waals surface area contributed by atoms with Gasteiger partial charge in [0.25, 0.3) is 5.56 Å². The lowest BCUT2D eigenvalue weighted by atomic mass is 10.3. The van der Waals surface area contributed by atoms with Crippen molar-refractivity contribution in [2.24, 2.45) is 0 Å². The first-order valence-electron chi connectivity index (χ1n) is 6.73. The first kappa shape index (κ1) is 13.8. The van der Waals surface area contributed by atoms with Gasteiger partial charge in [0.2, 0.25) is 5.65 Å². The van der Waals surface area contributed by atoms with Crippen LogP contribution in [0.4, 0.5) is 8.78 Å². The third-order valence-corrected chi connectivity index (χ3v) is 4.37. The molecule has 0 bridgehead atoms. The number of hydrogen-bond acceptors (Lipinski definition) is 3. The van der Waals surface area contributed by atoms with Crippen LogP contribution in [0.1, 0.15) is 0 Å². The zero-order valence-electron chi connectivity index (χ0n) is 11.6. The van der Waals surface area contributed by atoms with Crippen LogP contribution in [0.3, 0.4) is 0 Å². The highest BCUT2D eigenvalue weighted by Gasteiger charge is 2.12. The van der Waals surface area contributed by atoms with Crippen molar-refractivity contribution in [1.82, 2.24) is 14.0 Å². The lowest BCUT2D eigenvalue weighted by Gasteiger charge is -2.06. The van der Waals surface area contributed by atoms with Gasteiger partial charge >= 0.3 is 0 Å². The summed E-state index contributed by atoms with van der Waals surface area (Å²) < 4.78 is 29.3. The van der Waals surface area contributed by atoms with Crippen LogP contribution < -0.4 is 5.56 Å². The summed E-state index contributed by atoms with van der Waals surface area (Å²) in [6.07, 6.45) is 4.92. The van der Waals surface area contributed by atoms with Gasteiger partial charge in [-0.25, -0.2) is 13.8 Å². The predicted octanol–water partition coefficient (Wildman–Crippen LogP) is 3.49. The van der Waals surface area contributed by atoms with E-state index >= 15 is 0 Å². The number of rotatable bonds is 2. The molecule has 4 rings (SSSR count). The van der Waals surface area contributed by atoms with E-state index in [1.54, 1.807) is 16.8 Å².